The summed E-state index contributed by atoms with van der Waals surface area (Å²) in [5.41, 5.74) is 19.1. The van der Waals surface area contributed by atoms with Crippen molar-refractivity contribution in [2.75, 3.05) is 7.11 Å². The molecule has 0 radical (unpaired) electrons. The minimum Gasteiger partial charge on any atom is -0.493 e. The molecule has 7 aromatic rings. The highest BCUT2D eigenvalue weighted by molar-refractivity contribution is 9.10. The minimum atomic E-state index is -0.212. The van der Waals surface area contributed by atoms with E-state index in [0.29, 0.717) is 0 Å². The highest BCUT2D eigenvalue weighted by Gasteiger charge is 2.32. The summed E-state index contributed by atoms with van der Waals surface area (Å²) in [6, 6.07) is 34.3. The van der Waals surface area contributed by atoms with Crippen LogP contribution < -0.4 is 4.74 Å². The molecule has 0 amide bonds. The summed E-state index contributed by atoms with van der Waals surface area (Å²) in [5, 5.41) is 0. The van der Waals surface area contributed by atoms with Gasteiger partial charge in [0.25, 0.3) is 0 Å². The number of benzene rings is 1. The number of fused-ring (bicyclic) bond motifs is 16. The Morgan fingerprint density at radius 3 is 1.89 bits per heavy atom. The first-order valence-corrected chi connectivity index (χ1v) is 21.4. The van der Waals surface area contributed by atoms with Crippen LogP contribution >= 0.6 is 15.9 Å². The van der Waals surface area contributed by atoms with E-state index in [1.807, 2.05) is 12.2 Å². The maximum atomic E-state index is 6.06. The molecule has 4 aliphatic rings. The molecule has 16 bridgehead atoms. The van der Waals surface area contributed by atoms with Gasteiger partial charge in [-0.1, -0.05) is 52.0 Å². The van der Waals surface area contributed by atoms with Gasteiger partial charge < -0.3 is 24.7 Å². The Hall–Kier alpha value is -6.78. The summed E-state index contributed by atoms with van der Waals surface area (Å²) in [4.78, 5) is 34.9. The monoisotopic (exact) mass is 862 g/mol. The van der Waals surface area contributed by atoms with Crippen molar-refractivity contribution in [1.82, 2.24) is 39.9 Å². The Balaban J connectivity index is 1.10. The van der Waals surface area contributed by atoms with Crippen LogP contribution in [0.4, 0.5) is 0 Å². The molecule has 1 aromatic carbocycles. The van der Waals surface area contributed by atoms with Gasteiger partial charge in [-0.3, -0.25) is 9.97 Å². The lowest BCUT2D eigenvalue weighted by Crippen LogP contribution is -2.15. The molecule has 9 nitrogen and oxygen atoms in total. The SMILES string of the molecule is COc1c2nc(cc3cc(-c4ccc(-c5c6nc(cc7ccc(cc8nc(cc9ccc5[nH]9)C=C8)[nH]7)C=C6)cc4)c(cc4nc(cc5cc(Br)c1[nH]5)C(C)(C)C4)[nH]3)C(C)(C)C2. The van der Waals surface area contributed by atoms with Crippen molar-refractivity contribution in [3.05, 3.63) is 147 Å². The molecular formula is C51H43BrN8O. The van der Waals surface area contributed by atoms with Gasteiger partial charge in [-0.05, 0) is 124 Å². The number of hydrogen-bond acceptors (Lipinski definition) is 5. The maximum absolute atomic E-state index is 6.06. The first-order valence-electron chi connectivity index (χ1n) is 20.6. The molecule has 11 rings (SSSR count). The predicted octanol–water partition coefficient (Wildman–Crippen LogP) is 12.4. The van der Waals surface area contributed by atoms with E-state index in [2.05, 4.69) is 173 Å². The Morgan fingerprint density at radius 2 is 1.15 bits per heavy atom. The van der Waals surface area contributed by atoms with Crippen LogP contribution in [0.15, 0.2) is 102 Å². The third kappa shape index (κ3) is 6.81. The molecule has 0 saturated carbocycles. The van der Waals surface area contributed by atoms with Crippen LogP contribution in [0.25, 0.3) is 90.7 Å². The molecule has 4 N–H and O–H groups in total. The molecule has 300 valence electrons. The topological polar surface area (TPSA) is 124 Å². The standard InChI is InChI=1S/C51H43BrN8O/c1-50(2)26-38-23-43-39(21-36(57-43)24-46-51(3,4)27-44(60-46)49(61-5)48-40(52)22-37(59-48)25-45(50)58-38)28-6-8-29(9-7-28)47-41-16-14-34(55-41)19-32-12-10-30(53-32)18-31-11-13-33(54-31)20-35-15-17-42(47)56-35/h6-25,53,56-57,59H,26-27H2,1-5H3. The fourth-order valence-electron chi connectivity index (χ4n) is 8.97. The summed E-state index contributed by atoms with van der Waals surface area (Å²) in [6.07, 6.45) is 9.81. The number of ether oxygens (including phenoxy) is 1. The van der Waals surface area contributed by atoms with Crippen molar-refractivity contribution in [2.45, 2.75) is 51.4 Å². The number of rotatable bonds is 3. The van der Waals surface area contributed by atoms with E-state index in [1.54, 1.807) is 7.11 Å². The lowest BCUT2D eigenvalue weighted by Gasteiger charge is -2.16. The maximum Gasteiger partial charge on any atom is 0.164 e. The van der Waals surface area contributed by atoms with Crippen LogP contribution in [0.2, 0.25) is 0 Å². The second kappa shape index (κ2) is 13.9. The average Bonchev–Trinajstić information content (AvgIpc) is 4.08. The number of nitrogens with one attached hydrogen (secondary N) is 4. The largest absolute Gasteiger partial charge is 0.493 e. The first kappa shape index (κ1) is 37.2. The van der Waals surface area contributed by atoms with Crippen LogP contribution in [0.1, 0.15) is 73.2 Å². The second-order valence-corrected chi connectivity index (χ2v) is 18.5. The summed E-state index contributed by atoms with van der Waals surface area (Å²) >= 11 is 3.80. The van der Waals surface area contributed by atoms with E-state index in [9.17, 15) is 0 Å². The first-order chi connectivity index (χ1) is 29.4. The van der Waals surface area contributed by atoms with Crippen LogP contribution in [0, 0.1) is 0 Å². The van der Waals surface area contributed by atoms with Gasteiger partial charge >= 0.3 is 0 Å². The molecule has 4 aliphatic heterocycles. The minimum absolute atomic E-state index is 0.160. The van der Waals surface area contributed by atoms with Crippen LogP contribution in [0.5, 0.6) is 5.75 Å². The zero-order chi connectivity index (χ0) is 41.6. The van der Waals surface area contributed by atoms with Crippen LogP contribution in [-0.4, -0.2) is 47.0 Å². The van der Waals surface area contributed by atoms with Gasteiger partial charge in [0.05, 0.1) is 41.1 Å². The van der Waals surface area contributed by atoms with E-state index >= 15 is 0 Å². The van der Waals surface area contributed by atoms with Gasteiger partial charge in [-0.2, -0.15) is 0 Å². The molecular weight excluding hydrogens is 821 g/mol. The van der Waals surface area contributed by atoms with Crippen molar-refractivity contribution < 1.29 is 4.74 Å². The molecule has 10 heteroatoms. The van der Waals surface area contributed by atoms with Gasteiger partial charge in [0.2, 0.25) is 0 Å². The molecule has 0 fully saturated rings. The summed E-state index contributed by atoms with van der Waals surface area (Å²) < 4.78 is 6.99. The molecule has 10 heterocycles. The lowest BCUT2D eigenvalue weighted by molar-refractivity contribution is 0.409. The van der Waals surface area contributed by atoms with E-state index in [4.69, 9.17) is 24.7 Å². The highest BCUT2D eigenvalue weighted by atomic mass is 79.9. The normalized spacial score (nSPS) is 15.0. The van der Waals surface area contributed by atoms with Gasteiger partial charge in [0, 0.05) is 95.0 Å². The number of methoxy groups -OCH3 is 1. The molecule has 61 heavy (non-hydrogen) atoms. The fourth-order valence-corrected chi connectivity index (χ4v) is 9.50. The summed E-state index contributed by atoms with van der Waals surface area (Å²) in [7, 11) is 1.72. The van der Waals surface area contributed by atoms with E-state index in [0.717, 1.165) is 135 Å². The Bertz CT molecular complexity index is 3370. The highest BCUT2D eigenvalue weighted by Crippen LogP contribution is 2.40. The molecule has 0 spiro atoms. The second-order valence-electron chi connectivity index (χ2n) is 17.7. The molecule has 0 unspecified atom stereocenters. The van der Waals surface area contributed by atoms with Crippen molar-refractivity contribution >= 4 is 84.4 Å². The zero-order valence-electron chi connectivity index (χ0n) is 34.5. The quantitative estimate of drug-likeness (QED) is 0.141. The van der Waals surface area contributed by atoms with Gasteiger partial charge in [0.1, 0.15) is 0 Å². The predicted molar refractivity (Wildman–Crippen MR) is 252 cm³/mol. The third-order valence-electron chi connectivity index (χ3n) is 12.1. The van der Waals surface area contributed by atoms with E-state index in [-0.39, 0.29) is 10.8 Å². The number of H-pyrrole nitrogens is 4. The van der Waals surface area contributed by atoms with E-state index < -0.39 is 0 Å². The van der Waals surface area contributed by atoms with Crippen molar-refractivity contribution in [3.63, 3.8) is 0 Å². The molecule has 0 saturated heterocycles. The summed E-state index contributed by atoms with van der Waals surface area (Å²) in [5.74, 6) is 0.739. The van der Waals surface area contributed by atoms with E-state index in [1.165, 1.54) is 0 Å². The van der Waals surface area contributed by atoms with Crippen molar-refractivity contribution in [1.29, 1.82) is 0 Å². The molecule has 0 atom stereocenters. The number of hydrogen-bond donors (Lipinski definition) is 4. The van der Waals surface area contributed by atoms with Crippen molar-refractivity contribution in [3.8, 4) is 28.0 Å². The average molecular weight is 864 g/mol. The van der Waals surface area contributed by atoms with Gasteiger partial charge in [-0.15, -0.1) is 0 Å². The number of halogens is 1. The number of aromatic amines is 4. The van der Waals surface area contributed by atoms with Gasteiger partial charge in [-0.25, -0.2) is 9.97 Å². The third-order valence-corrected chi connectivity index (χ3v) is 12.7. The van der Waals surface area contributed by atoms with Gasteiger partial charge in [0.15, 0.2) is 5.75 Å². The lowest BCUT2D eigenvalue weighted by atomic mass is 9.87. The van der Waals surface area contributed by atoms with Crippen LogP contribution in [0.3, 0.4) is 0 Å². The molecule has 0 aliphatic carbocycles. The Morgan fingerprint density at radius 1 is 0.541 bits per heavy atom. The number of aromatic nitrogens is 8. The zero-order valence-corrected chi connectivity index (χ0v) is 36.1. The summed E-state index contributed by atoms with van der Waals surface area (Å²) in [6.45, 7) is 8.99. The Kier molecular flexibility index (Phi) is 8.48. The smallest absolute Gasteiger partial charge is 0.164 e. The van der Waals surface area contributed by atoms with Crippen molar-refractivity contribution in [2.24, 2.45) is 0 Å². The Labute approximate surface area is 360 Å². The van der Waals surface area contributed by atoms with Crippen LogP contribution in [-0.2, 0) is 23.7 Å². The fraction of sp³-hybridized carbons (Fsp3) is 0.176. The number of nitrogens with zero attached hydrogens (tertiary/aromatic N) is 4. The molecule has 6 aromatic heterocycles.